The standard InChI is InChI=1S/C19H27NO6/c1-12(2)17(19(22)26-11-14-6-5-7-25-14)20-18(21)13-8-15(23-3)10-16(9-13)24-4/h8-10,12,14,17H,5-7,11H2,1-4H3,(H,20,21)/t14-,17-/m1/s1. The number of carbonyl (C=O) groups excluding carboxylic acids is 2. The maximum atomic E-state index is 12.6. The van der Waals surface area contributed by atoms with Crippen LogP contribution in [0.15, 0.2) is 18.2 Å². The summed E-state index contributed by atoms with van der Waals surface area (Å²) >= 11 is 0. The SMILES string of the molecule is COc1cc(OC)cc(C(=O)N[C@@H](C(=O)OC[C@H]2CCCO2)C(C)C)c1. The van der Waals surface area contributed by atoms with Crippen LogP contribution >= 0.6 is 0 Å². The molecule has 1 heterocycles. The van der Waals surface area contributed by atoms with E-state index in [0.29, 0.717) is 23.7 Å². The van der Waals surface area contributed by atoms with Crippen molar-refractivity contribution in [3.05, 3.63) is 23.8 Å². The molecule has 7 nitrogen and oxygen atoms in total. The monoisotopic (exact) mass is 365 g/mol. The molecule has 1 aromatic carbocycles. The minimum absolute atomic E-state index is 0.0508. The number of amides is 1. The molecule has 0 aliphatic carbocycles. The first-order valence-corrected chi connectivity index (χ1v) is 8.76. The molecule has 1 amide bonds. The molecular formula is C19H27NO6. The van der Waals surface area contributed by atoms with Gasteiger partial charge in [-0.1, -0.05) is 13.8 Å². The van der Waals surface area contributed by atoms with Gasteiger partial charge in [0.2, 0.25) is 0 Å². The Morgan fingerprint density at radius 2 is 1.85 bits per heavy atom. The van der Waals surface area contributed by atoms with Crippen LogP contribution in [0.2, 0.25) is 0 Å². The lowest BCUT2D eigenvalue weighted by Gasteiger charge is -2.22. The topological polar surface area (TPSA) is 83.1 Å². The molecule has 0 radical (unpaired) electrons. The fourth-order valence-corrected chi connectivity index (χ4v) is 2.70. The Bertz CT molecular complexity index is 602. The number of hydrogen-bond acceptors (Lipinski definition) is 6. The Labute approximate surface area is 153 Å². The van der Waals surface area contributed by atoms with Crippen LogP contribution in [0.3, 0.4) is 0 Å². The fourth-order valence-electron chi connectivity index (χ4n) is 2.70. The minimum atomic E-state index is -0.749. The van der Waals surface area contributed by atoms with Crippen LogP contribution in [0.1, 0.15) is 37.0 Å². The van der Waals surface area contributed by atoms with Crippen LogP contribution in [-0.4, -0.2) is 51.5 Å². The van der Waals surface area contributed by atoms with Gasteiger partial charge in [-0.3, -0.25) is 4.79 Å². The summed E-state index contributed by atoms with van der Waals surface area (Å²) in [5.74, 6) is 0.0187. The number of rotatable bonds is 8. The van der Waals surface area contributed by atoms with E-state index >= 15 is 0 Å². The van der Waals surface area contributed by atoms with Gasteiger partial charge in [0.15, 0.2) is 0 Å². The molecule has 1 aliphatic rings. The van der Waals surface area contributed by atoms with Gasteiger partial charge in [-0.15, -0.1) is 0 Å². The predicted octanol–water partition coefficient (Wildman–Crippen LogP) is 2.18. The molecule has 7 heteroatoms. The van der Waals surface area contributed by atoms with E-state index in [4.69, 9.17) is 18.9 Å². The fraction of sp³-hybridized carbons (Fsp3) is 0.579. The van der Waals surface area contributed by atoms with E-state index in [1.54, 1.807) is 18.2 Å². The maximum Gasteiger partial charge on any atom is 0.329 e. The molecule has 1 saturated heterocycles. The number of ether oxygens (including phenoxy) is 4. The number of benzene rings is 1. The first kappa shape index (κ1) is 20.0. The van der Waals surface area contributed by atoms with E-state index in [1.165, 1.54) is 14.2 Å². The highest BCUT2D eigenvalue weighted by molar-refractivity contribution is 5.97. The van der Waals surface area contributed by atoms with Gasteiger partial charge in [0.25, 0.3) is 5.91 Å². The third-order valence-electron chi connectivity index (χ3n) is 4.26. The summed E-state index contributed by atoms with van der Waals surface area (Å²) in [6.45, 7) is 4.62. The van der Waals surface area contributed by atoms with Crippen molar-refractivity contribution in [2.45, 2.75) is 38.8 Å². The Morgan fingerprint density at radius 3 is 2.35 bits per heavy atom. The van der Waals surface area contributed by atoms with Crippen LogP contribution in [0.5, 0.6) is 11.5 Å². The van der Waals surface area contributed by atoms with Gasteiger partial charge >= 0.3 is 5.97 Å². The smallest absolute Gasteiger partial charge is 0.329 e. The second-order valence-corrected chi connectivity index (χ2v) is 6.56. The van der Waals surface area contributed by atoms with E-state index < -0.39 is 17.9 Å². The van der Waals surface area contributed by atoms with E-state index in [1.807, 2.05) is 13.8 Å². The normalized spacial score (nSPS) is 17.7. The van der Waals surface area contributed by atoms with E-state index in [9.17, 15) is 9.59 Å². The Morgan fingerprint density at radius 1 is 1.19 bits per heavy atom. The van der Waals surface area contributed by atoms with Crippen molar-refractivity contribution in [2.75, 3.05) is 27.4 Å². The molecule has 1 aliphatic heterocycles. The minimum Gasteiger partial charge on any atom is -0.497 e. The van der Waals surface area contributed by atoms with Crippen molar-refractivity contribution >= 4 is 11.9 Å². The average molecular weight is 365 g/mol. The van der Waals surface area contributed by atoms with Crippen molar-refractivity contribution < 1.29 is 28.5 Å². The van der Waals surface area contributed by atoms with Gasteiger partial charge in [-0.2, -0.15) is 0 Å². The number of methoxy groups -OCH3 is 2. The number of carbonyl (C=O) groups is 2. The third-order valence-corrected chi connectivity index (χ3v) is 4.26. The van der Waals surface area contributed by atoms with Crippen LogP contribution in [0.4, 0.5) is 0 Å². The third kappa shape index (κ3) is 5.36. The van der Waals surface area contributed by atoms with Crippen molar-refractivity contribution in [1.82, 2.24) is 5.32 Å². The molecule has 0 unspecified atom stereocenters. The van der Waals surface area contributed by atoms with Gasteiger partial charge in [0, 0.05) is 18.2 Å². The van der Waals surface area contributed by atoms with Crippen molar-refractivity contribution in [3.63, 3.8) is 0 Å². The van der Waals surface area contributed by atoms with Gasteiger partial charge in [0.05, 0.1) is 20.3 Å². The summed E-state index contributed by atoms with van der Waals surface area (Å²) in [6, 6.07) is 4.10. The van der Waals surface area contributed by atoms with E-state index in [-0.39, 0.29) is 18.6 Å². The largest absolute Gasteiger partial charge is 0.497 e. The van der Waals surface area contributed by atoms with E-state index in [0.717, 1.165) is 12.8 Å². The first-order valence-electron chi connectivity index (χ1n) is 8.76. The summed E-state index contributed by atoms with van der Waals surface area (Å²) in [7, 11) is 3.02. The average Bonchev–Trinajstić information content (AvgIpc) is 3.16. The number of hydrogen-bond donors (Lipinski definition) is 1. The van der Waals surface area contributed by atoms with Crippen LogP contribution in [-0.2, 0) is 14.3 Å². The molecule has 2 atom stereocenters. The Hall–Kier alpha value is -2.28. The summed E-state index contributed by atoms with van der Waals surface area (Å²) in [5.41, 5.74) is 0.346. The summed E-state index contributed by atoms with van der Waals surface area (Å²) in [4.78, 5) is 25.0. The summed E-state index contributed by atoms with van der Waals surface area (Å²) in [5, 5.41) is 2.75. The highest BCUT2D eigenvalue weighted by atomic mass is 16.6. The molecule has 0 bridgehead atoms. The molecule has 0 saturated carbocycles. The molecule has 1 N–H and O–H groups in total. The zero-order chi connectivity index (χ0) is 19.1. The zero-order valence-corrected chi connectivity index (χ0v) is 15.7. The van der Waals surface area contributed by atoms with Gasteiger partial charge in [-0.05, 0) is 30.9 Å². The van der Waals surface area contributed by atoms with Crippen LogP contribution < -0.4 is 14.8 Å². The number of esters is 1. The predicted molar refractivity (Wildman–Crippen MR) is 95.6 cm³/mol. The van der Waals surface area contributed by atoms with Gasteiger partial charge in [0.1, 0.15) is 24.1 Å². The van der Waals surface area contributed by atoms with Crippen molar-refractivity contribution in [3.8, 4) is 11.5 Å². The Balaban J connectivity index is 2.03. The molecule has 0 aromatic heterocycles. The molecule has 0 spiro atoms. The van der Waals surface area contributed by atoms with Crippen LogP contribution in [0, 0.1) is 5.92 Å². The molecule has 1 fully saturated rings. The van der Waals surface area contributed by atoms with Gasteiger partial charge < -0.3 is 24.3 Å². The first-order chi connectivity index (χ1) is 12.4. The maximum absolute atomic E-state index is 12.6. The van der Waals surface area contributed by atoms with E-state index in [2.05, 4.69) is 5.32 Å². The highest BCUT2D eigenvalue weighted by Crippen LogP contribution is 2.22. The second kappa shape index (κ2) is 9.43. The lowest BCUT2D eigenvalue weighted by atomic mass is 10.0. The second-order valence-electron chi connectivity index (χ2n) is 6.56. The molecule has 26 heavy (non-hydrogen) atoms. The van der Waals surface area contributed by atoms with Crippen molar-refractivity contribution in [1.29, 1.82) is 0 Å². The molecule has 144 valence electrons. The zero-order valence-electron chi connectivity index (χ0n) is 15.7. The van der Waals surface area contributed by atoms with Crippen molar-refractivity contribution in [2.24, 2.45) is 5.92 Å². The quantitative estimate of drug-likeness (QED) is 0.711. The lowest BCUT2D eigenvalue weighted by Crippen LogP contribution is -2.45. The van der Waals surface area contributed by atoms with Gasteiger partial charge in [-0.25, -0.2) is 4.79 Å². The number of nitrogens with one attached hydrogen (secondary N) is 1. The Kier molecular flexibility index (Phi) is 7.26. The van der Waals surface area contributed by atoms with Crippen LogP contribution in [0.25, 0.3) is 0 Å². The molecule has 2 rings (SSSR count). The summed E-state index contributed by atoms with van der Waals surface area (Å²) < 4.78 is 21.2. The molecule has 1 aromatic rings. The lowest BCUT2D eigenvalue weighted by molar-refractivity contribution is -0.150. The highest BCUT2D eigenvalue weighted by Gasteiger charge is 2.28. The molecular weight excluding hydrogens is 338 g/mol. The summed E-state index contributed by atoms with van der Waals surface area (Å²) in [6.07, 6.45) is 1.81.